The summed E-state index contributed by atoms with van der Waals surface area (Å²) in [6.45, 7) is 9.50. The Morgan fingerprint density at radius 3 is 2.78 bits per heavy atom. The van der Waals surface area contributed by atoms with Gasteiger partial charge in [-0.1, -0.05) is 6.07 Å². The van der Waals surface area contributed by atoms with Crippen molar-refractivity contribution in [1.82, 2.24) is 10.3 Å². The summed E-state index contributed by atoms with van der Waals surface area (Å²) in [6.07, 6.45) is 2.21. The molecule has 0 saturated carbocycles. The average Bonchev–Trinajstić information content (AvgIpc) is 2.62. The molecule has 0 aliphatic heterocycles. The van der Waals surface area contributed by atoms with Crippen LogP contribution in [0.1, 0.15) is 38.6 Å². The normalized spacial score (nSPS) is 12.2. The maximum Gasteiger partial charge on any atom is 0.192 e. The number of rotatable bonds is 4. The molecule has 1 aromatic heterocycles. The molecular formula is C15H22N2O. The van der Waals surface area contributed by atoms with Crippen molar-refractivity contribution in [3.05, 3.63) is 29.7 Å². The lowest BCUT2D eigenvalue weighted by Gasteiger charge is -2.20. The lowest BCUT2D eigenvalue weighted by atomic mass is 10.1. The van der Waals surface area contributed by atoms with Gasteiger partial charge in [0.1, 0.15) is 5.52 Å². The zero-order valence-corrected chi connectivity index (χ0v) is 11.7. The highest BCUT2D eigenvalue weighted by Gasteiger charge is 2.07. The molecule has 0 atom stereocenters. The van der Waals surface area contributed by atoms with Crippen LogP contribution in [0.25, 0.3) is 11.1 Å². The third kappa shape index (κ3) is 3.57. The van der Waals surface area contributed by atoms with E-state index < -0.39 is 0 Å². The molecule has 1 heterocycles. The average molecular weight is 246 g/mol. The van der Waals surface area contributed by atoms with Crippen LogP contribution >= 0.6 is 0 Å². The number of oxazole rings is 1. The Morgan fingerprint density at radius 2 is 2.06 bits per heavy atom. The molecule has 0 unspecified atom stereocenters. The standard InChI is InChI=1S/C15H22N2O/c1-11-17-13-10-12(7-8-14(13)18-11)6-5-9-16-15(2,3)4/h7-8,10,16H,5-6,9H2,1-4H3. The Kier molecular flexibility index (Phi) is 3.71. The van der Waals surface area contributed by atoms with Crippen molar-refractivity contribution < 1.29 is 4.42 Å². The molecule has 0 radical (unpaired) electrons. The highest BCUT2D eigenvalue weighted by molar-refractivity contribution is 5.73. The summed E-state index contributed by atoms with van der Waals surface area (Å²) in [5.41, 5.74) is 3.37. The van der Waals surface area contributed by atoms with E-state index in [9.17, 15) is 0 Å². The predicted octanol–water partition coefficient (Wildman–Crippen LogP) is 3.46. The minimum Gasteiger partial charge on any atom is -0.441 e. The van der Waals surface area contributed by atoms with Gasteiger partial charge in [0.15, 0.2) is 11.5 Å². The number of hydrogen-bond acceptors (Lipinski definition) is 3. The van der Waals surface area contributed by atoms with Gasteiger partial charge >= 0.3 is 0 Å². The predicted molar refractivity (Wildman–Crippen MR) is 74.8 cm³/mol. The minimum absolute atomic E-state index is 0.202. The van der Waals surface area contributed by atoms with Gasteiger partial charge in [-0.05, 0) is 57.9 Å². The summed E-state index contributed by atoms with van der Waals surface area (Å²) < 4.78 is 5.47. The molecule has 0 saturated heterocycles. The van der Waals surface area contributed by atoms with Gasteiger partial charge in [0, 0.05) is 12.5 Å². The van der Waals surface area contributed by atoms with E-state index in [2.05, 4.69) is 43.2 Å². The topological polar surface area (TPSA) is 38.1 Å². The maximum absolute atomic E-state index is 5.47. The van der Waals surface area contributed by atoms with Crippen LogP contribution in [0.3, 0.4) is 0 Å². The number of benzene rings is 1. The summed E-state index contributed by atoms with van der Waals surface area (Å²) in [5, 5.41) is 3.50. The molecule has 0 aliphatic carbocycles. The first kappa shape index (κ1) is 13.1. The van der Waals surface area contributed by atoms with Gasteiger partial charge in [-0.3, -0.25) is 0 Å². The van der Waals surface area contributed by atoms with Crippen LogP contribution in [0.4, 0.5) is 0 Å². The summed E-state index contributed by atoms with van der Waals surface area (Å²) in [6, 6.07) is 6.27. The Hall–Kier alpha value is -1.35. The second-order valence-electron chi connectivity index (χ2n) is 5.82. The summed E-state index contributed by atoms with van der Waals surface area (Å²) in [4.78, 5) is 4.36. The quantitative estimate of drug-likeness (QED) is 0.840. The highest BCUT2D eigenvalue weighted by atomic mass is 16.3. The van der Waals surface area contributed by atoms with E-state index in [1.54, 1.807) is 0 Å². The molecule has 3 nitrogen and oxygen atoms in total. The summed E-state index contributed by atoms with van der Waals surface area (Å²) in [5.74, 6) is 0.733. The fourth-order valence-electron chi connectivity index (χ4n) is 2.00. The van der Waals surface area contributed by atoms with E-state index in [0.29, 0.717) is 0 Å². The first-order valence-electron chi connectivity index (χ1n) is 6.55. The minimum atomic E-state index is 0.202. The Bertz CT molecular complexity index is 523. The fourth-order valence-corrected chi connectivity index (χ4v) is 2.00. The summed E-state index contributed by atoms with van der Waals surface area (Å²) >= 11 is 0. The van der Waals surface area contributed by atoms with Crippen LogP contribution < -0.4 is 5.32 Å². The molecule has 1 N–H and O–H groups in total. The van der Waals surface area contributed by atoms with E-state index in [1.165, 1.54) is 5.56 Å². The van der Waals surface area contributed by atoms with Crippen molar-refractivity contribution in [1.29, 1.82) is 0 Å². The molecule has 18 heavy (non-hydrogen) atoms. The van der Waals surface area contributed by atoms with Gasteiger partial charge in [-0.25, -0.2) is 4.98 Å². The van der Waals surface area contributed by atoms with Gasteiger partial charge in [0.05, 0.1) is 0 Å². The Morgan fingerprint density at radius 1 is 1.28 bits per heavy atom. The van der Waals surface area contributed by atoms with E-state index in [-0.39, 0.29) is 5.54 Å². The van der Waals surface area contributed by atoms with Crippen LogP contribution in [-0.4, -0.2) is 17.1 Å². The molecule has 0 fully saturated rings. The van der Waals surface area contributed by atoms with Crippen molar-refractivity contribution in [2.75, 3.05) is 6.54 Å². The van der Waals surface area contributed by atoms with Gasteiger partial charge in [0.25, 0.3) is 0 Å². The summed E-state index contributed by atoms with van der Waals surface area (Å²) in [7, 11) is 0. The third-order valence-corrected chi connectivity index (χ3v) is 2.86. The van der Waals surface area contributed by atoms with Crippen LogP contribution in [0.2, 0.25) is 0 Å². The zero-order valence-electron chi connectivity index (χ0n) is 11.7. The monoisotopic (exact) mass is 246 g/mol. The fraction of sp³-hybridized carbons (Fsp3) is 0.533. The zero-order chi connectivity index (χ0) is 13.2. The molecule has 0 bridgehead atoms. The highest BCUT2D eigenvalue weighted by Crippen LogP contribution is 2.17. The van der Waals surface area contributed by atoms with Crippen LogP contribution in [0.15, 0.2) is 22.6 Å². The van der Waals surface area contributed by atoms with E-state index >= 15 is 0 Å². The van der Waals surface area contributed by atoms with Crippen molar-refractivity contribution >= 4 is 11.1 Å². The van der Waals surface area contributed by atoms with Gasteiger partial charge in [-0.15, -0.1) is 0 Å². The second-order valence-corrected chi connectivity index (χ2v) is 5.82. The molecule has 0 amide bonds. The van der Waals surface area contributed by atoms with Crippen LogP contribution in [-0.2, 0) is 6.42 Å². The van der Waals surface area contributed by atoms with Crippen molar-refractivity contribution in [2.24, 2.45) is 0 Å². The first-order valence-corrected chi connectivity index (χ1v) is 6.55. The van der Waals surface area contributed by atoms with E-state index in [1.807, 2.05) is 13.0 Å². The Balaban J connectivity index is 1.91. The van der Waals surface area contributed by atoms with Gasteiger partial charge < -0.3 is 9.73 Å². The molecule has 1 aromatic carbocycles. The van der Waals surface area contributed by atoms with E-state index in [0.717, 1.165) is 36.4 Å². The van der Waals surface area contributed by atoms with Crippen molar-refractivity contribution in [3.8, 4) is 0 Å². The number of fused-ring (bicyclic) bond motifs is 1. The number of nitrogens with one attached hydrogen (secondary N) is 1. The number of aryl methyl sites for hydroxylation is 2. The van der Waals surface area contributed by atoms with Gasteiger partial charge in [0.2, 0.25) is 0 Å². The molecule has 98 valence electrons. The molecule has 0 aliphatic rings. The molecule has 3 heteroatoms. The smallest absolute Gasteiger partial charge is 0.192 e. The second kappa shape index (κ2) is 5.11. The molecule has 2 rings (SSSR count). The molecule has 2 aromatic rings. The number of nitrogens with zero attached hydrogens (tertiary/aromatic N) is 1. The SMILES string of the molecule is Cc1nc2cc(CCCNC(C)(C)C)ccc2o1. The van der Waals surface area contributed by atoms with Gasteiger partial charge in [-0.2, -0.15) is 0 Å². The van der Waals surface area contributed by atoms with E-state index in [4.69, 9.17) is 4.42 Å². The largest absolute Gasteiger partial charge is 0.441 e. The third-order valence-electron chi connectivity index (χ3n) is 2.86. The van der Waals surface area contributed by atoms with Crippen molar-refractivity contribution in [3.63, 3.8) is 0 Å². The first-order chi connectivity index (χ1) is 8.44. The lowest BCUT2D eigenvalue weighted by molar-refractivity contribution is 0.422. The van der Waals surface area contributed by atoms with Crippen LogP contribution in [0, 0.1) is 6.92 Å². The molecular weight excluding hydrogens is 224 g/mol. The lowest BCUT2D eigenvalue weighted by Crippen LogP contribution is -2.36. The number of aromatic nitrogens is 1. The van der Waals surface area contributed by atoms with Crippen LogP contribution in [0.5, 0.6) is 0 Å². The maximum atomic E-state index is 5.47. The Labute approximate surface area is 109 Å². The van der Waals surface area contributed by atoms with Crippen molar-refractivity contribution in [2.45, 2.75) is 46.1 Å². The number of hydrogen-bond donors (Lipinski definition) is 1. The molecule has 0 spiro atoms.